The maximum absolute atomic E-state index is 12.2. The molecule has 2 rings (SSSR count). The third-order valence-electron chi connectivity index (χ3n) is 2.69. The van der Waals surface area contributed by atoms with Gasteiger partial charge in [0.2, 0.25) is 10.0 Å². The summed E-state index contributed by atoms with van der Waals surface area (Å²) in [6.07, 6.45) is 0. The highest BCUT2D eigenvalue weighted by Gasteiger charge is 2.26. The van der Waals surface area contributed by atoms with Gasteiger partial charge < -0.3 is 4.74 Å². The Morgan fingerprint density at radius 1 is 1.17 bits per heavy atom. The van der Waals surface area contributed by atoms with Gasteiger partial charge in [-0.3, -0.25) is 4.79 Å². The van der Waals surface area contributed by atoms with Gasteiger partial charge in [0.1, 0.15) is 0 Å². The van der Waals surface area contributed by atoms with Crippen molar-refractivity contribution < 1.29 is 17.9 Å². The summed E-state index contributed by atoms with van der Waals surface area (Å²) in [5.41, 5.74) is 0.276. The third-order valence-corrected chi connectivity index (χ3v) is 4.82. The van der Waals surface area contributed by atoms with Crippen molar-refractivity contribution in [1.82, 2.24) is 4.31 Å². The minimum atomic E-state index is -3.51. The number of nitrogens with zero attached hydrogens (tertiary/aromatic N) is 1. The molecule has 0 spiro atoms. The second-order valence-electron chi connectivity index (χ2n) is 3.81. The fraction of sp³-hybridized carbons (Fsp3) is 0.364. The van der Waals surface area contributed by atoms with E-state index in [4.69, 9.17) is 16.3 Å². The van der Waals surface area contributed by atoms with Crippen molar-refractivity contribution in [3.05, 3.63) is 29.8 Å². The van der Waals surface area contributed by atoms with Crippen molar-refractivity contribution in [3.63, 3.8) is 0 Å². The van der Waals surface area contributed by atoms with Crippen molar-refractivity contribution in [2.24, 2.45) is 0 Å². The Bertz CT molecular complexity index is 535. The zero-order valence-corrected chi connectivity index (χ0v) is 11.1. The first kappa shape index (κ1) is 13.5. The van der Waals surface area contributed by atoms with Gasteiger partial charge in [-0.1, -0.05) is 0 Å². The van der Waals surface area contributed by atoms with E-state index in [1.807, 2.05) is 0 Å². The van der Waals surface area contributed by atoms with Crippen LogP contribution in [0.4, 0.5) is 0 Å². The van der Waals surface area contributed by atoms with Gasteiger partial charge in [-0.05, 0) is 35.9 Å². The van der Waals surface area contributed by atoms with Crippen molar-refractivity contribution >= 4 is 26.9 Å². The van der Waals surface area contributed by atoms with Crippen LogP contribution in [0.3, 0.4) is 0 Å². The number of halogens is 1. The molecule has 0 saturated carbocycles. The van der Waals surface area contributed by atoms with Crippen LogP contribution in [-0.2, 0) is 14.8 Å². The molecule has 0 N–H and O–H groups in total. The SMILES string of the molecule is O=C(Cl)c1ccc(S(=O)(=O)N2CCOCC2)cc1. The standard InChI is InChI=1S/C11H12ClNO4S/c12-11(14)9-1-3-10(4-2-9)18(15,16)13-5-7-17-8-6-13/h1-4H,5-8H2. The van der Waals surface area contributed by atoms with Crippen LogP contribution in [0.2, 0.25) is 0 Å². The summed E-state index contributed by atoms with van der Waals surface area (Å²) >= 11 is 5.30. The Balaban J connectivity index is 2.26. The smallest absolute Gasteiger partial charge is 0.252 e. The Labute approximate surface area is 110 Å². The van der Waals surface area contributed by atoms with Crippen molar-refractivity contribution in [1.29, 1.82) is 0 Å². The van der Waals surface area contributed by atoms with Crippen LogP contribution in [0.25, 0.3) is 0 Å². The lowest BCUT2D eigenvalue weighted by atomic mass is 10.2. The van der Waals surface area contributed by atoms with Crippen LogP contribution in [0, 0.1) is 0 Å². The molecule has 1 aromatic rings. The number of morpholine rings is 1. The van der Waals surface area contributed by atoms with Gasteiger partial charge in [-0.15, -0.1) is 0 Å². The molecule has 0 amide bonds. The number of rotatable bonds is 3. The summed E-state index contributed by atoms with van der Waals surface area (Å²) < 4.78 is 30.9. The maximum Gasteiger partial charge on any atom is 0.252 e. The quantitative estimate of drug-likeness (QED) is 0.781. The fourth-order valence-corrected chi connectivity index (χ4v) is 3.23. The van der Waals surface area contributed by atoms with Crippen LogP contribution < -0.4 is 0 Å². The normalized spacial score (nSPS) is 17.6. The van der Waals surface area contributed by atoms with Gasteiger partial charge in [-0.2, -0.15) is 4.31 Å². The highest BCUT2D eigenvalue weighted by Crippen LogP contribution is 2.18. The molecular formula is C11H12ClNO4S. The Hall–Kier alpha value is -0.950. The first-order valence-corrected chi connectivity index (χ1v) is 7.21. The lowest BCUT2D eigenvalue weighted by Crippen LogP contribution is -2.40. The fourth-order valence-electron chi connectivity index (χ4n) is 1.69. The lowest BCUT2D eigenvalue weighted by Gasteiger charge is -2.26. The number of sulfonamides is 1. The van der Waals surface area contributed by atoms with Crippen LogP contribution in [0.1, 0.15) is 10.4 Å². The summed E-state index contributed by atoms with van der Waals surface area (Å²) in [6, 6.07) is 5.59. The molecule has 0 atom stereocenters. The van der Waals surface area contributed by atoms with Crippen molar-refractivity contribution in [3.8, 4) is 0 Å². The van der Waals surface area contributed by atoms with Crippen LogP contribution in [0.5, 0.6) is 0 Å². The van der Waals surface area contributed by atoms with E-state index in [1.54, 1.807) is 0 Å². The molecule has 1 fully saturated rings. The molecule has 0 radical (unpaired) electrons. The summed E-state index contributed by atoms with van der Waals surface area (Å²) in [5.74, 6) is 0. The molecule has 1 aromatic carbocycles. The van der Waals surface area contributed by atoms with E-state index < -0.39 is 15.3 Å². The Morgan fingerprint density at radius 3 is 2.22 bits per heavy atom. The highest BCUT2D eigenvalue weighted by atomic mass is 35.5. The number of ether oxygens (including phenoxy) is 1. The molecule has 98 valence electrons. The molecule has 0 unspecified atom stereocenters. The summed E-state index contributed by atoms with van der Waals surface area (Å²) in [5, 5.41) is -0.606. The van der Waals surface area contributed by atoms with E-state index in [2.05, 4.69) is 0 Å². The second-order valence-corrected chi connectivity index (χ2v) is 6.10. The van der Waals surface area contributed by atoms with E-state index in [-0.39, 0.29) is 10.5 Å². The first-order valence-electron chi connectivity index (χ1n) is 5.39. The molecule has 1 aliphatic heterocycles. The Morgan fingerprint density at radius 2 is 1.72 bits per heavy atom. The summed E-state index contributed by atoms with van der Waals surface area (Å²) in [6.45, 7) is 1.49. The van der Waals surface area contributed by atoms with Gasteiger partial charge in [0, 0.05) is 18.7 Å². The Kier molecular flexibility index (Phi) is 4.01. The molecule has 18 heavy (non-hydrogen) atoms. The number of benzene rings is 1. The van der Waals surface area contributed by atoms with Crippen LogP contribution in [-0.4, -0.2) is 44.3 Å². The molecule has 5 nitrogen and oxygen atoms in total. The molecule has 7 heteroatoms. The van der Waals surface area contributed by atoms with E-state index >= 15 is 0 Å². The van der Waals surface area contributed by atoms with Gasteiger partial charge in [0.25, 0.3) is 5.24 Å². The molecule has 0 aliphatic carbocycles. The van der Waals surface area contributed by atoms with Gasteiger partial charge in [0.05, 0.1) is 18.1 Å². The second kappa shape index (κ2) is 5.36. The highest BCUT2D eigenvalue weighted by molar-refractivity contribution is 7.89. The minimum absolute atomic E-state index is 0.158. The van der Waals surface area contributed by atoms with Crippen molar-refractivity contribution in [2.45, 2.75) is 4.90 Å². The maximum atomic E-state index is 12.2. The van der Waals surface area contributed by atoms with Crippen LogP contribution >= 0.6 is 11.6 Å². The number of hydrogen-bond donors (Lipinski definition) is 0. The molecule has 0 bridgehead atoms. The molecular weight excluding hydrogens is 278 g/mol. The summed E-state index contributed by atoms with van der Waals surface area (Å²) in [4.78, 5) is 11.1. The number of hydrogen-bond acceptors (Lipinski definition) is 4. The number of carbonyl (C=O) groups excluding carboxylic acids is 1. The largest absolute Gasteiger partial charge is 0.379 e. The van der Waals surface area contributed by atoms with E-state index in [1.165, 1.54) is 28.6 Å². The zero-order valence-electron chi connectivity index (χ0n) is 9.50. The topological polar surface area (TPSA) is 63.7 Å². The minimum Gasteiger partial charge on any atom is -0.379 e. The molecule has 0 aromatic heterocycles. The average Bonchev–Trinajstić information content (AvgIpc) is 2.40. The van der Waals surface area contributed by atoms with Crippen LogP contribution in [0.15, 0.2) is 29.2 Å². The van der Waals surface area contributed by atoms with E-state index in [9.17, 15) is 13.2 Å². The van der Waals surface area contributed by atoms with Crippen molar-refractivity contribution in [2.75, 3.05) is 26.3 Å². The predicted octanol–water partition coefficient (Wildman–Crippen LogP) is 1.09. The third kappa shape index (κ3) is 2.72. The predicted molar refractivity (Wildman–Crippen MR) is 66.2 cm³/mol. The van der Waals surface area contributed by atoms with Gasteiger partial charge in [-0.25, -0.2) is 8.42 Å². The molecule has 1 heterocycles. The average molecular weight is 290 g/mol. The summed E-state index contributed by atoms with van der Waals surface area (Å²) in [7, 11) is -3.51. The zero-order chi connectivity index (χ0) is 13.2. The van der Waals surface area contributed by atoms with Gasteiger partial charge >= 0.3 is 0 Å². The van der Waals surface area contributed by atoms with E-state index in [0.717, 1.165) is 0 Å². The monoisotopic (exact) mass is 289 g/mol. The number of carbonyl (C=O) groups is 1. The van der Waals surface area contributed by atoms with Gasteiger partial charge in [0.15, 0.2) is 0 Å². The van der Waals surface area contributed by atoms with E-state index in [0.29, 0.717) is 26.3 Å². The first-order chi connectivity index (χ1) is 8.51. The lowest BCUT2D eigenvalue weighted by molar-refractivity contribution is 0.0730. The molecule has 1 aliphatic rings. The molecule has 1 saturated heterocycles.